The van der Waals surface area contributed by atoms with Crippen LogP contribution in [0.1, 0.15) is 19.3 Å². The largest absolute Gasteiger partial charge is 0.390 e. The third-order valence-corrected chi connectivity index (χ3v) is 2.35. The van der Waals surface area contributed by atoms with Crippen LogP contribution in [0, 0.1) is 0 Å². The molecule has 0 aliphatic heterocycles. The molecule has 3 unspecified atom stereocenters. The lowest BCUT2D eigenvalue weighted by Gasteiger charge is -2.28. The Morgan fingerprint density at radius 3 is 2.33 bits per heavy atom. The van der Waals surface area contributed by atoms with Crippen molar-refractivity contribution in [2.24, 2.45) is 0 Å². The monoisotopic (exact) mass is 148 g/mol. The van der Waals surface area contributed by atoms with E-state index in [2.05, 4.69) is 12.6 Å². The summed E-state index contributed by atoms with van der Waals surface area (Å²) in [5, 5.41) is 18.1. The van der Waals surface area contributed by atoms with Crippen LogP contribution in [0.15, 0.2) is 0 Å². The Morgan fingerprint density at radius 2 is 1.89 bits per heavy atom. The van der Waals surface area contributed by atoms with Crippen LogP contribution in [-0.4, -0.2) is 27.7 Å². The highest BCUT2D eigenvalue weighted by Gasteiger charge is 2.27. The second-order valence-electron chi connectivity index (χ2n) is 2.56. The third kappa shape index (κ3) is 1.60. The summed E-state index contributed by atoms with van der Waals surface area (Å²) in [4.78, 5) is 0. The molecule has 1 aliphatic rings. The number of hydrogen-bond acceptors (Lipinski definition) is 3. The predicted molar refractivity (Wildman–Crippen MR) is 38.6 cm³/mol. The maximum atomic E-state index is 9.12. The van der Waals surface area contributed by atoms with Crippen molar-refractivity contribution in [3.8, 4) is 0 Å². The van der Waals surface area contributed by atoms with Gasteiger partial charge in [0.2, 0.25) is 0 Å². The van der Waals surface area contributed by atoms with Gasteiger partial charge in [0, 0.05) is 5.25 Å². The Labute approximate surface area is 60.3 Å². The molecule has 0 saturated heterocycles. The van der Waals surface area contributed by atoms with Crippen LogP contribution in [0.4, 0.5) is 0 Å². The van der Waals surface area contributed by atoms with Crippen molar-refractivity contribution in [1.82, 2.24) is 0 Å². The first-order valence-corrected chi connectivity index (χ1v) is 3.77. The fraction of sp³-hybridized carbons (Fsp3) is 1.00. The van der Waals surface area contributed by atoms with Gasteiger partial charge in [-0.3, -0.25) is 0 Å². The minimum absolute atomic E-state index is 0.0197. The van der Waals surface area contributed by atoms with Crippen molar-refractivity contribution in [3.63, 3.8) is 0 Å². The van der Waals surface area contributed by atoms with Crippen LogP contribution in [-0.2, 0) is 0 Å². The molecule has 1 fully saturated rings. The molecule has 2 N–H and O–H groups in total. The predicted octanol–water partition coefficient (Wildman–Crippen LogP) is 0.191. The summed E-state index contributed by atoms with van der Waals surface area (Å²) in [5.41, 5.74) is 0. The average molecular weight is 148 g/mol. The molecule has 0 aromatic rings. The van der Waals surface area contributed by atoms with E-state index in [1.54, 1.807) is 0 Å². The molecule has 0 amide bonds. The Morgan fingerprint density at radius 1 is 1.22 bits per heavy atom. The van der Waals surface area contributed by atoms with Crippen molar-refractivity contribution in [3.05, 3.63) is 0 Å². The molecule has 0 radical (unpaired) electrons. The molecule has 1 saturated carbocycles. The smallest absolute Gasteiger partial charge is 0.0914 e. The summed E-state index contributed by atoms with van der Waals surface area (Å²) < 4.78 is 0. The van der Waals surface area contributed by atoms with Gasteiger partial charge >= 0.3 is 0 Å². The molecular weight excluding hydrogens is 136 g/mol. The Kier molecular flexibility index (Phi) is 2.38. The molecule has 54 valence electrons. The van der Waals surface area contributed by atoms with E-state index in [1.807, 2.05) is 0 Å². The first-order chi connectivity index (χ1) is 4.22. The number of aliphatic hydroxyl groups excluding tert-OH is 2. The summed E-state index contributed by atoms with van der Waals surface area (Å²) in [5.74, 6) is 0. The van der Waals surface area contributed by atoms with Gasteiger partial charge in [-0.2, -0.15) is 12.6 Å². The van der Waals surface area contributed by atoms with Crippen LogP contribution in [0.3, 0.4) is 0 Å². The van der Waals surface area contributed by atoms with Crippen molar-refractivity contribution < 1.29 is 10.2 Å². The second-order valence-corrected chi connectivity index (χ2v) is 3.22. The topological polar surface area (TPSA) is 40.5 Å². The second kappa shape index (κ2) is 2.90. The SMILES string of the molecule is OC1CCCC(S)C1O. The minimum Gasteiger partial charge on any atom is -0.390 e. The maximum Gasteiger partial charge on any atom is 0.0914 e. The van der Waals surface area contributed by atoms with E-state index >= 15 is 0 Å². The van der Waals surface area contributed by atoms with Gasteiger partial charge in [0.1, 0.15) is 0 Å². The van der Waals surface area contributed by atoms with E-state index in [1.165, 1.54) is 0 Å². The molecule has 0 spiro atoms. The highest BCUT2D eigenvalue weighted by Crippen LogP contribution is 2.22. The third-order valence-electron chi connectivity index (χ3n) is 1.79. The normalized spacial score (nSPS) is 45.0. The van der Waals surface area contributed by atoms with E-state index in [0.29, 0.717) is 0 Å². The fourth-order valence-corrected chi connectivity index (χ4v) is 1.52. The number of aliphatic hydroxyl groups is 2. The zero-order chi connectivity index (χ0) is 6.85. The first-order valence-electron chi connectivity index (χ1n) is 3.26. The molecule has 0 bridgehead atoms. The first kappa shape index (κ1) is 7.38. The Balaban J connectivity index is 2.41. The standard InChI is InChI=1S/C6H12O2S/c7-4-2-1-3-5(9)6(4)8/h4-9H,1-3H2. The molecule has 1 aliphatic carbocycles. The lowest BCUT2D eigenvalue weighted by Crippen LogP contribution is -2.37. The van der Waals surface area contributed by atoms with Gasteiger partial charge in [0.25, 0.3) is 0 Å². The van der Waals surface area contributed by atoms with Gasteiger partial charge in [0.15, 0.2) is 0 Å². The molecule has 0 aromatic heterocycles. The van der Waals surface area contributed by atoms with Crippen molar-refractivity contribution >= 4 is 12.6 Å². The quantitative estimate of drug-likeness (QED) is 0.429. The Bertz CT molecular complexity index is 87.1. The van der Waals surface area contributed by atoms with Gasteiger partial charge < -0.3 is 10.2 Å². The molecule has 3 heteroatoms. The Hall–Kier alpha value is 0.270. The maximum absolute atomic E-state index is 9.12. The molecule has 9 heavy (non-hydrogen) atoms. The van der Waals surface area contributed by atoms with Crippen molar-refractivity contribution in [2.45, 2.75) is 36.7 Å². The van der Waals surface area contributed by atoms with Gasteiger partial charge in [-0.15, -0.1) is 0 Å². The number of hydrogen-bond donors (Lipinski definition) is 3. The van der Waals surface area contributed by atoms with Gasteiger partial charge in [-0.05, 0) is 19.3 Å². The van der Waals surface area contributed by atoms with E-state index in [0.717, 1.165) is 19.3 Å². The zero-order valence-corrected chi connectivity index (χ0v) is 6.09. The van der Waals surface area contributed by atoms with Crippen LogP contribution in [0.25, 0.3) is 0 Å². The van der Waals surface area contributed by atoms with E-state index in [-0.39, 0.29) is 5.25 Å². The molecule has 0 aromatic carbocycles. The summed E-state index contributed by atoms with van der Waals surface area (Å²) in [6.07, 6.45) is 1.47. The summed E-state index contributed by atoms with van der Waals surface area (Å²) in [6, 6.07) is 0. The molecule has 2 nitrogen and oxygen atoms in total. The van der Waals surface area contributed by atoms with Gasteiger partial charge in [-0.25, -0.2) is 0 Å². The van der Waals surface area contributed by atoms with Crippen LogP contribution >= 0.6 is 12.6 Å². The number of rotatable bonds is 0. The lowest BCUT2D eigenvalue weighted by molar-refractivity contribution is -0.00396. The summed E-state index contributed by atoms with van der Waals surface area (Å²) in [7, 11) is 0. The van der Waals surface area contributed by atoms with Crippen LogP contribution < -0.4 is 0 Å². The van der Waals surface area contributed by atoms with Gasteiger partial charge in [0.05, 0.1) is 12.2 Å². The molecule has 0 heterocycles. The van der Waals surface area contributed by atoms with E-state index < -0.39 is 12.2 Å². The zero-order valence-electron chi connectivity index (χ0n) is 5.20. The fourth-order valence-electron chi connectivity index (χ4n) is 1.13. The summed E-state index contributed by atoms with van der Waals surface area (Å²) >= 11 is 4.11. The molecule has 1 rings (SSSR count). The lowest BCUT2D eigenvalue weighted by atomic mass is 9.94. The highest BCUT2D eigenvalue weighted by atomic mass is 32.1. The highest BCUT2D eigenvalue weighted by molar-refractivity contribution is 7.81. The molecular formula is C6H12O2S. The van der Waals surface area contributed by atoms with E-state index in [4.69, 9.17) is 10.2 Å². The van der Waals surface area contributed by atoms with Crippen LogP contribution in [0.5, 0.6) is 0 Å². The van der Waals surface area contributed by atoms with Crippen molar-refractivity contribution in [1.29, 1.82) is 0 Å². The van der Waals surface area contributed by atoms with Crippen molar-refractivity contribution in [2.75, 3.05) is 0 Å². The van der Waals surface area contributed by atoms with Crippen LogP contribution in [0.2, 0.25) is 0 Å². The minimum atomic E-state index is -0.609. The van der Waals surface area contributed by atoms with E-state index in [9.17, 15) is 0 Å². The van der Waals surface area contributed by atoms with Gasteiger partial charge in [-0.1, -0.05) is 0 Å². The summed E-state index contributed by atoms with van der Waals surface area (Å²) in [6.45, 7) is 0. The number of thiol groups is 1. The molecule has 3 atom stereocenters. The average Bonchev–Trinajstić information content (AvgIpc) is 1.83.